The number of methoxy groups -OCH3 is 1. The van der Waals surface area contributed by atoms with Gasteiger partial charge < -0.3 is 25.6 Å². The fourth-order valence-electron chi connectivity index (χ4n) is 2.79. The van der Waals surface area contributed by atoms with Crippen LogP contribution in [0.5, 0.6) is 5.75 Å². The maximum absolute atomic E-state index is 6.09. The fraction of sp³-hybridized carbons (Fsp3) is 0.438. The minimum absolute atomic E-state index is 0.615. The summed E-state index contributed by atoms with van der Waals surface area (Å²) >= 11 is 0. The molecule has 124 valence electrons. The Morgan fingerprint density at radius 1 is 1.17 bits per heavy atom. The van der Waals surface area contributed by atoms with Crippen molar-refractivity contribution in [2.24, 2.45) is 7.05 Å². The smallest absolute Gasteiger partial charge is 0.152 e. The molecule has 23 heavy (non-hydrogen) atoms. The lowest BCUT2D eigenvalue weighted by Gasteiger charge is -2.35. The number of aromatic nitrogens is 2. The van der Waals surface area contributed by atoms with Gasteiger partial charge in [0.15, 0.2) is 5.82 Å². The van der Waals surface area contributed by atoms with E-state index in [1.807, 2.05) is 31.4 Å². The van der Waals surface area contributed by atoms with Gasteiger partial charge in [0.25, 0.3) is 0 Å². The quantitative estimate of drug-likeness (QED) is 0.833. The van der Waals surface area contributed by atoms with E-state index in [-0.39, 0.29) is 0 Å². The molecule has 2 aromatic rings. The standard InChI is InChI=1S/C16H24N6O/c1-20-6-8-22(9-7-20)14-11-15(23-3)12(17)10-13(14)18-16-4-5-21(2)19-16/h4-5,10-11H,6-9,17H2,1-3H3,(H,18,19). The number of piperazine rings is 1. The zero-order valence-corrected chi connectivity index (χ0v) is 13.9. The molecule has 0 aliphatic carbocycles. The second-order valence-corrected chi connectivity index (χ2v) is 5.90. The average molecular weight is 316 g/mol. The largest absolute Gasteiger partial charge is 0.495 e. The zero-order valence-electron chi connectivity index (χ0n) is 13.9. The fourth-order valence-corrected chi connectivity index (χ4v) is 2.79. The summed E-state index contributed by atoms with van der Waals surface area (Å²) in [6.45, 7) is 4.02. The summed E-state index contributed by atoms with van der Waals surface area (Å²) in [5.74, 6) is 1.50. The van der Waals surface area contributed by atoms with Gasteiger partial charge in [-0.1, -0.05) is 0 Å². The molecule has 1 aliphatic rings. The molecule has 0 radical (unpaired) electrons. The molecule has 7 nitrogen and oxygen atoms in total. The Morgan fingerprint density at radius 3 is 2.52 bits per heavy atom. The molecule has 7 heteroatoms. The topological polar surface area (TPSA) is 71.6 Å². The summed E-state index contributed by atoms with van der Waals surface area (Å²) in [7, 11) is 5.69. The predicted octanol–water partition coefficient (Wildman–Crippen LogP) is 1.51. The van der Waals surface area contributed by atoms with Crippen molar-refractivity contribution in [3.63, 3.8) is 0 Å². The number of nitrogens with two attached hydrogens (primary N) is 1. The highest BCUT2D eigenvalue weighted by atomic mass is 16.5. The number of ether oxygens (including phenoxy) is 1. The minimum Gasteiger partial charge on any atom is -0.495 e. The Morgan fingerprint density at radius 2 is 1.91 bits per heavy atom. The highest BCUT2D eigenvalue weighted by Gasteiger charge is 2.19. The first-order valence-corrected chi connectivity index (χ1v) is 7.74. The third-order valence-electron chi connectivity index (χ3n) is 4.17. The molecule has 0 amide bonds. The van der Waals surface area contributed by atoms with Gasteiger partial charge in [0.2, 0.25) is 0 Å². The molecule has 0 saturated carbocycles. The van der Waals surface area contributed by atoms with Gasteiger partial charge in [-0.15, -0.1) is 0 Å². The number of hydrogen-bond acceptors (Lipinski definition) is 6. The molecule has 1 fully saturated rings. The van der Waals surface area contributed by atoms with Gasteiger partial charge in [-0.05, 0) is 13.1 Å². The third-order valence-corrected chi connectivity index (χ3v) is 4.17. The van der Waals surface area contributed by atoms with Gasteiger partial charge in [-0.3, -0.25) is 4.68 Å². The molecule has 0 unspecified atom stereocenters. The Bertz CT molecular complexity index is 675. The van der Waals surface area contributed by atoms with E-state index in [0.717, 1.165) is 43.4 Å². The first-order chi connectivity index (χ1) is 11.1. The van der Waals surface area contributed by atoms with Gasteiger partial charge >= 0.3 is 0 Å². The van der Waals surface area contributed by atoms with Crippen LogP contribution in [0.3, 0.4) is 0 Å². The van der Waals surface area contributed by atoms with Crippen molar-refractivity contribution in [3.05, 3.63) is 24.4 Å². The molecule has 3 N–H and O–H groups in total. The van der Waals surface area contributed by atoms with Gasteiger partial charge in [0.05, 0.1) is 24.2 Å². The highest BCUT2D eigenvalue weighted by molar-refractivity contribution is 5.81. The summed E-state index contributed by atoms with van der Waals surface area (Å²) in [6, 6.07) is 5.86. The molecular weight excluding hydrogens is 292 g/mol. The maximum atomic E-state index is 6.09. The number of aryl methyl sites for hydroxylation is 1. The number of hydrogen-bond donors (Lipinski definition) is 2. The lowest BCUT2D eigenvalue weighted by Crippen LogP contribution is -2.44. The van der Waals surface area contributed by atoms with Crippen molar-refractivity contribution in [1.82, 2.24) is 14.7 Å². The number of likely N-dealkylation sites (N-methyl/N-ethyl adjacent to an activating group) is 1. The van der Waals surface area contributed by atoms with E-state index in [2.05, 4.69) is 27.3 Å². The van der Waals surface area contributed by atoms with Gasteiger partial charge in [-0.25, -0.2) is 0 Å². The van der Waals surface area contributed by atoms with E-state index in [4.69, 9.17) is 10.5 Å². The van der Waals surface area contributed by atoms with Crippen LogP contribution in [0, 0.1) is 0 Å². The lowest BCUT2D eigenvalue weighted by molar-refractivity contribution is 0.313. The van der Waals surface area contributed by atoms with Crippen molar-refractivity contribution < 1.29 is 4.74 Å². The summed E-state index contributed by atoms with van der Waals surface area (Å²) < 4.78 is 7.17. The third kappa shape index (κ3) is 3.34. The first kappa shape index (κ1) is 15.5. The molecule has 0 spiro atoms. The van der Waals surface area contributed by atoms with Crippen LogP contribution in [0.1, 0.15) is 0 Å². The van der Waals surface area contributed by atoms with Crippen LogP contribution in [0.25, 0.3) is 0 Å². The number of nitrogen functional groups attached to an aromatic ring is 1. The summed E-state index contributed by atoms with van der Waals surface area (Å²) in [4.78, 5) is 4.68. The number of benzene rings is 1. The molecule has 0 atom stereocenters. The Kier molecular flexibility index (Phi) is 4.29. The van der Waals surface area contributed by atoms with E-state index in [1.165, 1.54) is 0 Å². The first-order valence-electron chi connectivity index (χ1n) is 7.74. The van der Waals surface area contributed by atoms with Crippen LogP contribution < -0.4 is 20.7 Å². The van der Waals surface area contributed by atoms with Gasteiger partial charge in [0, 0.05) is 51.6 Å². The molecule has 3 rings (SSSR count). The van der Waals surface area contributed by atoms with Crippen LogP contribution in [0.2, 0.25) is 0 Å². The molecule has 2 heterocycles. The number of anilines is 4. The second kappa shape index (κ2) is 6.37. The van der Waals surface area contributed by atoms with E-state index in [9.17, 15) is 0 Å². The molecule has 1 aromatic carbocycles. The van der Waals surface area contributed by atoms with E-state index < -0.39 is 0 Å². The molecule has 0 bridgehead atoms. The second-order valence-electron chi connectivity index (χ2n) is 5.90. The molecule has 1 saturated heterocycles. The molecule has 1 aliphatic heterocycles. The van der Waals surface area contributed by atoms with Gasteiger partial charge in [-0.2, -0.15) is 5.10 Å². The van der Waals surface area contributed by atoms with Gasteiger partial charge in [0.1, 0.15) is 5.75 Å². The highest BCUT2D eigenvalue weighted by Crippen LogP contribution is 2.37. The normalized spacial score (nSPS) is 15.7. The zero-order chi connectivity index (χ0) is 16.4. The van der Waals surface area contributed by atoms with Crippen molar-refractivity contribution in [2.75, 3.05) is 56.3 Å². The number of nitrogens with one attached hydrogen (secondary N) is 1. The van der Waals surface area contributed by atoms with Crippen molar-refractivity contribution in [2.45, 2.75) is 0 Å². The maximum Gasteiger partial charge on any atom is 0.152 e. The van der Waals surface area contributed by atoms with Crippen molar-refractivity contribution in [3.8, 4) is 5.75 Å². The lowest BCUT2D eigenvalue weighted by atomic mass is 10.1. The minimum atomic E-state index is 0.615. The monoisotopic (exact) mass is 316 g/mol. The summed E-state index contributed by atoms with van der Waals surface area (Å²) in [6.07, 6.45) is 1.91. The van der Waals surface area contributed by atoms with E-state index in [1.54, 1.807) is 11.8 Å². The van der Waals surface area contributed by atoms with Crippen LogP contribution in [-0.2, 0) is 7.05 Å². The Hall–Kier alpha value is -2.41. The van der Waals surface area contributed by atoms with Crippen molar-refractivity contribution in [1.29, 1.82) is 0 Å². The predicted molar refractivity (Wildman–Crippen MR) is 93.6 cm³/mol. The summed E-state index contributed by atoms with van der Waals surface area (Å²) in [5.41, 5.74) is 8.75. The molecule has 1 aromatic heterocycles. The van der Waals surface area contributed by atoms with Crippen LogP contribution >= 0.6 is 0 Å². The van der Waals surface area contributed by atoms with Crippen LogP contribution in [0.4, 0.5) is 22.9 Å². The SMILES string of the molecule is COc1cc(N2CCN(C)CC2)c(Nc2ccn(C)n2)cc1N. The summed E-state index contributed by atoms with van der Waals surface area (Å²) in [5, 5.41) is 7.75. The number of nitrogens with zero attached hydrogens (tertiary/aromatic N) is 4. The van der Waals surface area contributed by atoms with Crippen molar-refractivity contribution >= 4 is 22.9 Å². The van der Waals surface area contributed by atoms with Crippen LogP contribution in [0.15, 0.2) is 24.4 Å². The molecular formula is C16H24N6O. The van der Waals surface area contributed by atoms with E-state index >= 15 is 0 Å². The van der Waals surface area contributed by atoms with E-state index in [0.29, 0.717) is 11.4 Å². The average Bonchev–Trinajstić information content (AvgIpc) is 2.94. The number of rotatable bonds is 4. The Balaban J connectivity index is 1.94. The Labute approximate surface area is 136 Å². The van der Waals surface area contributed by atoms with Crippen LogP contribution in [-0.4, -0.2) is 55.0 Å².